The minimum atomic E-state index is 0. The second kappa shape index (κ2) is 15.5. The zero-order valence-electron chi connectivity index (χ0n) is 15.4. The van der Waals surface area contributed by atoms with E-state index < -0.39 is 0 Å². The van der Waals surface area contributed by atoms with E-state index in [9.17, 15) is 0 Å². The van der Waals surface area contributed by atoms with Crippen molar-refractivity contribution in [1.29, 1.82) is 0 Å². The van der Waals surface area contributed by atoms with Gasteiger partial charge in [0.1, 0.15) is 0 Å². The van der Waals surface area contributed by atoms with Crippen molar-refractivity contribution in [3.8, 4) is 0 Å². The van der Waals surface area contributed by atoms with Crippen molar-refractivity contribution >= 4 is 0 Å². The zero-order valence-corrected chi connectivity index (χ0v) is 22.2. The van der Waals surface area contributed by atoms with Crippen LogP contribution in [0, 0.1) is 24.0 Å². The fraction of sp³-hybridized carbons (Fsp3) is 0.600. The molecule has 0 unspecified atom stereocenters. The van der Waals surface area contributed by atoms with E-state index in [1.54, 1.807) is 0 Å². The van der Waals surface area contributed by atoms with E-state index in [1.165, 1.54) is 35.1 Å². The van der Waals surface area contributed by atoms with Crippen LogP contribution in [0.25, 0.3) is 0 Å². The molecule has 0 fully saturated rings. The first-order chi connectivity index (χ1) is 9.40. The first kappa shape index (κ1) is 29.1. The van der Waals surface area contributed by atoms with Gasteiger partial charge in [0.05, 0.1) is 0 Å². The minimum Gasteiger partial charge on any atom is -1.00 e. The van der Waals surface area contributed by atoms with E-state index in [1.807, 2.05) is 0 Å². The van der Waals surface area contributed by atoms with Gasteiger partial charge >= 0.3 is 26.2 Å². The van der Waals surface area contributed by atoms with Crippen molar-refractivity contribution in [2.24, 2.45) is 11.8 Å². The topological polar surface area (TPSA) is 0 Å². The molecule has 0 aliphatic heterocycles. The summed E-state index contributed by atoms with van der Waals surface area (Å²) in [6, 6.07) is 0. The molecule has 0 aromatic rings. The quantitative estimate of drug-likeness (QED) is 0.314. The molecule has 23 heavy (non-hydrogen) atoms. The predicted molar refractivity (Wildman–Crippen MR) is 89.2 cm³/mol. The van der Waals surface area contributed by atoms with Crippen molar-refractivity contribution in [1.82, 2.24) is 0 Å². The average Bonchev–Trinajstić information content (AvgIpc) is 2.90. The summed E-state index contributed by atoms with van der Waals surface area (Å²) in [6.45, 7) is 13.4. The molecule has 3 heteroatoms. The van der Waals surface area contributed by atoms with E-state index in [0.717, 1.165) is 24.7 Å². The number of hydrogen-bond acceptors (Lipinski definition) is 0. The first-order valence-electron chi connectivity index (χ1n) is 7.93. The van der Waals surface area contributed by atoms with Gasteiger partial charge in [-0.1, -0.05) is 40.5 Å². The first-order valence-corrected chi connectivity index (χ1v) is 7.93. The summed E-state index contributed by atoms with van der Waals surface area (Å²) in [4.78, 5) is 0. The maximum Gasteiger partial charge on any atom is 4.00 e. The molecule has 0 aromatic carbocycles. The van der Waals surface area contributed by atoms with Crippen LogP contribution >= 0.6 is 0 Å². The van der Waals surface area contributed by atoms with Crippen LogP contribution < -0.4 is 48.0 Å². The van der Waals surface area contributed by atoms with Gasteiger partial charge in [-0.15, -0.1) is 26.7 Å². The Kier molecular flexibility index (Phi) is 19.7. The summed E-state index contributed by atoms with van der Waals surface area (Å²) in [5.74, 6) is 1.54. The maximum absolute atomic E-state index is 3.36. The van der Waals surface area contributed by atoms with Crippen LogP contribution in [0.1, 0.15) is 67.2 Å². The Morgan fingerprint density at radius 2 is 1.09 bits per heavy atom. The zero-order chi connectivity index (χ0) is 15.1. The summed E-state index contributed by atoms with van der Waals surface area (Å²) in [6.07, 6.45) is 15.7. The second-order valence-electron chi connectivity index (χ2n) is 6.69. The van der Waals surface area contributed by atoms with Crippen LogP contribution in [0.3, 0.4) is 0 Å². The Bertz CT molecular complexity index is 399. The van der Waals surface area contributed by atoms with Crippen molar-refractivity contribution in [2.45, 2.75) is 67.2 Å². The largest absolute Gasteiger partial charge is 4.00 e. The van der Waals surface area contributed by atoms with Gasteiger partial charge in [-0.25, -0.2) is 22.3 Å². The summed E-state index contributed by atoms with van der Waals surface area (Å²) >= 11 is 0. The molecule has 2 rings (SSSR count). The molecule has 0 atom stereocenters. The van der Waals surface area contributed by atoms with Gasteiger partial charge in [0.25, 0.3) is 0 Å². The van der Waals surface area contributed by atoms with Crippen molar-refractivity contribution in [3.05, 3.63) is 46.6 Å². The third-order valence-corrected chi connectivity index (χ3v) is 3.62. The van der Waals surface area contributed by atoms with Gasteiger partial charge in [0, 0.05) is 0 Å². The Balaban J connectivity index is -0.000000308. The van der Waals surface area contributed by atoms with E-state index in [-0.39, 0.29) is 74.2 Å². The molecule has 0 nitrogen and oxygen atoms in total. The molecule has 0 N–H and O–H groups in total. The number of allylic oxidation sites excluding steroid dienone is 8. The average molecular weight is 615 g/mol. The summed E-state index contributed by atoms with van der Waals surface area (Å²) < 4.78 is 0. The molecular formula is C20H30I2Zr. The van der Waals surface area contributed by atoms with Gasteiger partial charge in [0.2, 0.25) is 0 Å². The molecule has 0 aromatic heterocycles. The standard InChI is InChI=1S/2C10H15.2HI.Zr/c2*1-8(2)7-10-6-4-5-9(10)3;;;/h2*5,8H,4,7H2,1-3H3;2*1H;/q2*-1;;;+4/p-2. The fourth-order valence-corrected chi connectivity index (χ4v) is 2.46. The molecule has 0 spiro atoms. The normalized spacial score (nSPS) is 15.3. The Hall–Kier alpha value is 1.30. The SMILES string of the molecule is CC1=CC[C-]=C1CC(C)C.CC1=CC[C-]=C1CC(C)C.[I-].[I-].[Zr+4]. The molecule has 0 saturated heterocycles. The molecule has 0 saturated carbocycles. The Morgan fingerprint density at radius 3 is 1.26 bits per heavy atom. The van der Waals surface area contributed by atoms with Gasteiger partial charge in [-0.05, 0) is 11.8 Å². The van der Waals surface area contributed by atoms with Gasteiger partial charge in [0.15, 0.2) is 0 Å². The van der Waals surface area contributed by atoms with E-state index in [2.05, 4.69) is 65.8 Å². The molecule has 0 bridgehead atoms. The number of halogens is 2. The molecule has 0 radical (unpaired) electrons. The number of hydrogen-bond donors (Lipinski definition) is 0. The third-order valence-electron chi connectivity index (χ3n) is 3.62. The summed E-state index contributed by atoms with van der Waals surface area (Å²) in [7, 11) is 0. The van der Waals surface area contributed by atoms with Crippen LogP contribution in [0.15, 0.2) is 34.4 Å². The predicted octanol–water partition coefficient (Wildman–Crippen LogP) is 0.230. The summed E-state index contributed by atoms with van der Waals surface area (Å²) in [5.41, 5.74) is 5.76. The van der Waals surface area contributed by atoms with Crippen molar-refractivity contribution in [2.75, 3.05) is 0 Å². The number of rotatable bonds is 4. The molecule has 0 heterocycles. The van der Waals surface area contributed by atoms with E-state index >= 15 is 0 Å². The summed E-state index contributed by atoms with van der Waals surface area (Å²) in [5, 5.41) is 0. The van der Waals surface area contributed by atoms with E-state index in [0.29, 0.717) is 0 Å². The van der Waals surface area contributed by atoms with Crippen LogP contribution in [-0.2, 0) is 26.2 Å². The van der Waals surface area contributed by atoms with Crippen LogP contribution in [0.4, 0.5) is 0 Å². The van der Waals surface area contributed by atoms with Crippen molar-refractivity contribution in [3.63, 3.8) is 0 Å². The van der Waals surface area contributed by atoms with Crippen LogP contribution in [0.2, 0.25) is 0 Å². The molecule has 2 aliphatic rings. The molecule has 2 aliphatic carbocycles. The molecule has 128 valence electrons. The Labute approximate surface area is 197 Å². The van der Waals surface area contributed by atoms with Crippen LogP contribution in [0.5, 0.6) is 0 Å². The maximum atomic E-state index is 3.36. The minimum absolute atomic E-state index is 0. The second-order valence-corrected chi connectivity index (χ2v) is 6.69. The van der Waals surface area contributed by atoms with E-state index in [4.69, 9.17) is 0 Å². The third kappa shape index (κ3) is 12.3. The van der Waals surface area contributed by atoms with Crippen LogP contribution in [-0.4, -0.2) is 0 Å². The molecular weight excluding hydrogens is 585 g/mol. The molecule has 0 amide bonds. The Morgan fingerprint density at radius 1 is 0.783 bits per heavy atom. The van der Waals surface area contributed by atoms with Crippen molar-refractivity contribution < 1.29 is 74.2 Å². The monoisotopic (exact) mass is 614 g/mol. The van der Waals surface area contributed by atoms with Gasteiger partial charge in [-0.3, -0.25) is 12.2 Å². The smallest absolute Gasteiger partial charge is 1.00 e. The fourth-order valence-electron chi connectivity index (χ4n) is 2.46. The van der Waals surface area contributed by atoms with Gasteiger partial charge in [-0.2, -0.15) is 12.2 Å². The van der Waals surface area contributed by atoms with Gasteiger partial charge < -0.3 is 48.0 Å².